The largest absolute Gasteiger partial charge is 0.376 e. The molecule has 6 nitrogen and oxygen atoms in total. The fourth-order valence-corrected chi connectivity index (χ4v) is 3.58. The predicted molar refractivity (Wildman–Crippen MR) is 109 cm³/mol. The van der Waals surface area contributed by atoms with Gasteiger partial charge in [0, 0.05) is 12.1 Å². The number of nitrogens with zero attached hydrogens (tertiary/aromatic N) is 2. The Kier molecular flexibility index (Phi) is 5.82. The topological polar surface area (TPSA) is 65.4 Å². The molecule has 146 valence electrons. The van der Waals surface area contributed by atoms with Crippen molar-refractivity contribution in [2.45, 2.75) is 12.6 Å². The van der Waals surface area contributed by atoms with Crippen molar-refractivity contribution >= 4 is 40.1 Å². The van der Waals surface area contributed by atoms with Gasteiger partial charge in [-0.1, -0.05) is 41.4 Å². The number of amides is 1. The quantitative estimate of drug-likeness (QED) is 0.686. The number of rotatable bonds is 5. The van der Waals surface area contributed by atoms with Gasteiger partial charge < -0.3 is 19.4 Å². The normalized spacial score (nSPS) is 17.0. The SMILES string of the molecule is O=C(Cn1c(-c2cccc(Cl)c2Cl)nc2ccccc21)NC[C@@H]1COCCO1. The molecule has 2 aromatic carbocycles. The van der Waals surface area contributed by atoms with Gasteiger partial charge >= 0.3 is 0 Å². The number of halogens is 2. The molecular formula is C20H19Cl2N3O3. The van der Waals surface area contributed by atoms with Crippen molar-refractivity contribution < 1.29 is 14.3 Å². The maximum atomic E-state index is 12.6. The molecule has 1 aliphatic rings. The average Bonchev–Trinajstić information content (AvgIpc) is 3.07. The summed E-state index contributed by atoms with van der Waals surface area (Å²) in [5.41, 5.74) is 2.31. The number of para-hydroxylation sites is 2. The van der Waals surface area contributed by atoms with Crippen LogP contribution in [0.2, 0.25) is 10.0 Å². The summed E-state index contributed by atoms with van der Waals surface area (Å²) in [5.74, 6) is 0.456. The van der Waals surface area contributed by atoms with Crippen LogP contribution in [0, 0.1) is 0 Å². The van der Waals surface area contributed by atoms with Crippen LogP contribution in [0.15, 0.2) is 42.5 Å². The molecule has 0 bridgehead atoms. The lowest BCUT2D eigenvalue weighted by atomic mass is 10.2. The number of nitrogens with one attached hydrogen (secondary N) is 1. The van der Waals surface area contributed by atoms with Gasteiger partial charge in [0.1, 0.15) is 12.4 Å². The number of hydrogen-bond acceptors (Lipinski definition) is 4. The molecule has 1 saturated heterocycles. The Morgan fingerprint density at radius 1 is 1.18 bits per heavy atom. The number of hydrogen-bond donors (Lipinski definition) is 1. The minimum absolute atomic E-state index is 0.103. The summed E-state index contributed by atoms with van der Waals surface area (Å²) in [6.07, 6.45) is -0.126. The first-order valence-corrected chi connectivity index (χ1v) is 9.75. The number of ether oxygens (including phenoxy) is 2. The molecule has 28 heavy (non-hydrogen) atoms. The molecule has 0 radical (unpaired) electrons. The van der Waals surface area contributed by atoms with Crippen molar-refractivity contribution in [2.24, 2.45) is 0 Å². The summed E-state index contributed by atoms with van der Waals surface area (Å²) in [7, 11) is 0. The van der Waals surface area contributed by atoms with Crippen molar-refractivity contribution in [1.29, 1.82) is 0 Å². The number of carbonyl (C=O) groups excluding carboxylic acids is 1. The monoisotopic (exact) mass is 419 g/mol. The first-order chi connectivity index (χ1) is 13.6. The highest BCUT2D eigenvalue weighted by Gasteiger charge is 2.19. The summed E-state index contributed by atoms with van der Waals surface area (Å²) in [6.45, 7) is 2.13. The van der Waals surface area contributed by atoms with Crippen LogP contribution in [0.1, 0.15) is 0 Å². The lowest BCUT2D eigenvalue weighted by molar-refractivity contribution is -0.124. The maximum Gasteiger partial charge on any atom is 0.240 e. The fraction of sp³-hybridized carbons (Fsp3) is 0.300. The fourth-order valence-electron chi connectivity index (χ4n) is 3.20. The molecule has 1 fully saturated rings. The highest BCUT2D eigenvalue weighted by atomic mass is 35.5. The second-order valence-electron chi connectivity index (χ2n) is 6.48. The van der Waals surface area contributed by atoms with Crippen molar-refractivity contribution in [2.75, 3.05) is 26.4 Å². The Hall–Kier alpha value is -2.12. The van der Waals surface area contributed by atoms with E-state index in [0.717, 1.165) is 11.0 Å². The Morgan fingerprint density at radius 3 is 2.86 bits per heavy atom. The van der Waals surface area contributed by atoms with E-state index in [9.17, 15) is 4.79 Å². The van der Waals surface area contributed by atoms with Crippen molar-refractivity contribution in [1.82, 2.24) is 14.9 Å². The van der Waals surface area contributed by atoms with Crippen molar-refractivity contribution in [3.63, 3.8) is 0 Å². The third kappa shape index (κ3) is 4.00. The highest BCUT2D eigenvalue weighted by molar-refractivity contribution is 6.43. The van der Waals surface area contributed by atoms with Gasteiger partial charge in [-0.3, -0.25) is 4.79 Å². The van der Waals surface area contributed by atoms with Gasteiger partial charge in [-0.15, -0.1) is 0 Å². The number of fused-ring (bicyclic) bond motifs is 1. The number of imidazole rings is 1. The maximum absolute atomic E-state index is 12.6. The van der Waals surface area contributed by atoms with Crippen LogP contribution in [0.25, 0.3) is 22.4 Å². The van der Waals surface area contributed by atoms with Crippen LogP contribution < -0.4 is 5.32 Å². The number of carbonyl (C=O) groups is 1. The summed E-state index contributed by atoms with van der Waals surface area (Å²) in [5, 5.41) is 3.76. The van der Waals surface area contributed by atoms with E-state index in [1.807, 2.05) is 41.0 Å². The van der Waals surface area contributed by atoms with E-state index in [0.29, 0.717) is 47.8 Å². The van der Waals surface area contributed by atoms with Crippen LogP contribution in [0.4, 0.5) is 0 Å². The molecule has 1 N–H and O–H groups in total. The van der Waals surface area contributed by atoms with Gasteiger partial charge in [0.05, 0.1) is 47.0 Å². The van der Waals surface area contributed by atoms with E-state index in [-0.39, 0.29) is 18.6 Å². The van der Waals surface area contributed by atoms with Gasteiger partial charge in [-0.25, -0.2) is 4.98 Å². The number of aromatic nitrogens is 2. The van der Waals surface area contributed by atoms with E-state index < -0.39 is 0 Å². The van der Waals surface area contributed by atoms with E-state index in [4.69, 9.17) is 32.7 Å². The smallest absolute Gasteiger partial charge is 0.240 e. The Labute approximate surface area is 172 Å². The van der Waals surface area contributed by atoms with Crippen LogP contribution in [-0.4, -0.2) is 47.9 Å². The summed E-state index contributed by atoms with van der Waals surface area (Å²) < 4.78 is 12.8. The molecule has 1 atom stereocenters. The molecule has 4 rings (SSSR count). The summed E-state index contributed by atoms with van der Waals surface area (Å²) in [4.78, 5) is 17.3. The zero-order valence-corrected chi connectivity index (χ0v) is 16.5. The Bertz CT molecular complexity index is 1000. The van der Waals surface area contributed by atoms with Crippen molar-refractivity contribution in [3.8, 4) is 11.4 Å². The average molecular weight is 420 g/mol. The van der Waals surface area contributed by atoms with Crippen LogP contribution in [0.3, 0.4) is 0 Å². The zero-order chi connectivity index (χ0) is 19.5. The molecule has 1 amide bonds. The lowest BCUT2D eigenvalue weighted by Crippen LogP contribution is -2.40. The first kappa shape index (κ1) is 19.2. The van der Waals surface area contributed by atoms with Gasteiger partial charge in [0.25, 0.3) is 0 Å². The molecule has 8 heteroatoms. The molecule has 0 unspecified atom stereocenters. The third-order valence-electron chi connectivity index (χ3n) is 4.56. The minimum Gasteiger partial charge on any atom is -0.376 e. The molecule has 0 spiro atoms. The predicted octanol–water partition coefficient (Wildman–Crippen LogP) is 3.54. The van der Waals surface area contributed by atoms with Crippen LogP contribution >= 0.6 is 23.2 Å². The second kappa shape index (κ2) is 8.49. The van der Waals surface area contributed by atoms with Gasteiger partial charge in [-0.2, -0.15) is 0 Å². The van der Waals surface area contributed by atoms with E-state index in [1.165, 1.54) is 0 Å². The van der Waals surface area contributed by atoms with Gasteiger partial charge in [0.2, 0.25) is 5.91 Å². The summed E-state index contributed by atoms with van der Waals surface area (Å²) in [6, 6.07) is 13.0. The van der Waals surface area contributed by atoms with E-state index in [1.54, 1.807) is 6.07 Å². The van der Waals surface area contributed by atoms with Gasteiger partial charge in [0.15, 0.2) is 0 Å². The van der Waals surface area contributed by atoms with Crippen LogP contribution in [0.5, 0.6) is 0 Å². The number of benzene rings is 2. The van der Waals surface area contributed by atoms with Crippen LogP contribution in [-0.2, 0) is 20.8 Å². The Balaban J connectivity index is 1.62. The molecule has 0 saturated carbocycles. The highest BCUT2D eigenvalue weighted by Crippen LogP contribution is 2.34. The molecule has 3 aromatic rings. The van der Waals surface area contributed by atoms with Gasteiger partial charge in [-0.05, 0) is 24.3 Å². The summed E-state index contributed by atoms with van der Waals surface area (Å²) >= 11 is 12.6. The van der Waals surface area contributed by atoms with E-state index >= 15 is 0 Å². The zero-order valence-electron chi connectivity index (χ0n) is 15.0. The molecule has 1 aliphatic heterocycles. The van der Waals surface area contributed by atoms with E-state index in [2.05, 4.69) is 10.3 Å². The Morgan fingerprint density at radius 2 is 2.04 bits per heavy atom. The molecule has 1 aromatic heterocycles. The molecule has 0 aliphatic carbocycles. The second-order valence-corrected chi connectivity index (χ2v) is 7.27. The first-order valence-electron chi connectivity index (χ1n) is 8.99. The van der Waals surface area contributed by atoms with Crippen molar-refractivity contribution in [3.05, 3.63) is 52.5 Å². The standard InChI is InChI=1S/C20H19Cl2N3O3/c21-15-5-3-4-14(19(15)22)20-24-16-6-1-2-7-17(16)25(20)11-18(26)23-10-13-12-27-8-9-28-13/h1-7,13H,8-12H2,(H,23,26)/t13-/m1/s1. The minimum atomic E-state index is -0.142. The lowest BCUT2D eigenvalue weighted by Gasteiger charge is -2.23. The molecule has 2 heterocycles. The molecular weight excluding hydrogens is 401 g/mol. The third-order valence-corrected chi connectivity index (χ3v) is 5.38.